The number of rotatable bonds is 6. The second-order valence-corrected chi connectivity index (χ2v) is 4.73. The van der Waals surface area contributed by atoms with Crippen LogP contribution in [-0.2, 0) is 9.53 Å². The van der Waals surface area contributed by atoms with E-state index in [9.17, 15) is 9.90 Å². The van der Waals surface area contributed by atoms with Crippen LogP contribution in [0.2, 0.25) is 0 Å². The lowest BCUT2D eigenvalue weighted by Crippen LogP contribution is -2.51. The van der Waals surface area contributed by atoms with Gasteiger partial charge in [-0.25, -0.2) is 0 Å². The summed E-state index contributed by atoms with van der Waals surface area (Å²) in [7, 11) is 1.53. The number of hydrogen-bond donors (Lipinski definition) is 3. The highest BCUT2D eigenvalue weighted by Crippen LogP contribution is 2.30. The SMILES string of the molecule is CCC1(C(=O)NCC(O)COC)CCCNC1. The number of amides is 1. The van der Waals surface area contributed by atoms with E-state index in [4.69, 9.17) is 4.74 Å². The van der Waals surface area contributed by atoms with Crippen LogP contribution >= 0.6 is 0 Å². The summed E-state index contributed by atoms with van der Waals surface area (Å²) in [6.07, 6.45) is 2.14. The van der Waals surface area contributed by atoms with Gasteiger partial charge in [0.15, 0.2) is 0 Å². The Morgan fingerprint density at radius 2 is 2.41 bits per heavy atom. The molecule has 0 aromatic rings. The zero-order valence-corrected chi connectivity index (χ0v) is 10.8. The van der Waals surface area contributed by atoms with Gasteiger partial charge in [0.1, 0.15) is 0 Å². The molecule has 0 spiro atoms. The lowest BCUT2D eigenvalue weighted by atomic mass is 9.77. The summed E-state index contributed by atoms with van der Waals surface area (Å²) in [6.45, 7) is 4.27. The van der Waals surface area contributed by atoms with Crippen molar-refractivity contribution >= 4 is 5.91 Å². The van der Waals surface area contributed by atoms with Gasteiger partial charge in [0.05, 0.1) is 18.1 Å². The predicted molar refractivity (Wildman–Crippen MR) is 65.7 cm³/mol. The molecule has 0 bridgehead atoms. The van der Waals surface area contributed by atoms with Crippen molar-refractivity contribution < 1.29 is 14.6 Å². The van der Waals surface area contributed by atoms with Crippen molar-refractivity contribution in [1.29, 1.82) is 0 Å². The van der Waals surface area contributed by atoms with Gasteiger partial charge in [-0.2, -0.15) is 0 Å². The molecule has 0 saturated carbocycles. The monoisotopic (exact) mass is 244 g/mol. The van der Waals surface area contributed by atoms with E-state index in [1.165, 1.54) is 7.11 Å². The topological polar surface area (TPSA) is 70.6 Å². The number of aliphatic hydroxyl groups excluding tert-OH is 1. The summed E-state index contributed by atoms with van der Waals surface area (Å²) in [4.78, 5) is 12.2. The third-order valence-electron chi connectivity index (χ3n) is 3.49. The summed E-state index contributed by atoms with van der Waals surface area (Å²) < 4.78 is 4.82. The van der Waals surface area contributed by atoms with E-state index in [1.54, 1.807) is 0 Å². The number of nitrogens with one attached hydrogen (secondary N) is 2. The first-order valence-corrected chi connectivity index (χ1v) is 6.30. The van der Waals surface area contributed by atoms with Crippen LogP contribution in [0.4, 0.5) is 0 Å². The van der Waals surface area contributed by atoms with Gasteiger partial charge in [-0.15, -0.1) is 0 Å². The fourth-order valence-corrected chi connectivity index (χ4v) is 2.27. The highest BCUT2D eigenvalue weighted by atomic mass is 16.5. The van der Waals surface area contributed by atoms with E-state index in [-0.39, 0.29) is 24.5 Å². The van der Waals surface area contributed by atoms with Gasteiger partial charge >= 0.3 is 0 Å². The van der Waals surface area contributed by atoms with Crippen molar-refractivity contribution in [3.63, 3.8) is 0 Å². The van der Waals surface area contributed by atoms with Gasteiger partial charge in [0, 0.05) is 20.2 Å². The molecular formula is C12H24N2O3. The fourth-order valence-electron chi connectivity index (χ4n) is 2.27. The molecule has 1 amide bonds. The first kappa shape index (κ1) is 14.4. The molecule has 5 nitrogen and oxygen atoms in total. The van der Waals surface area contributed by atoms with Crippen LogP contribution < -0.4 is 10.6 Å². The number of hydrogen-bond acceptors (Lipinski definition) is 4. The first-order chi connectivity index (χ1) is 8.14. The highest BCUT2D eigenvalue weighted by molar-refractivity contribution is 5.83. The molecule has 0 aromatic heterocycles. The Hall–Kier alpha value is -0.650. The molecule has 17 heavy (non-hydrogen) atoms. The Kier molecular flexibility index (Phi) is 5.88. The number of methoxy groups -OCH3 is 1. The van der Waals surface area contributed by atoms with Crippen LogP contribution in [0.25, 0.3) is 0 Å². The lowest BCUT2D eigenvalue weighted by molar-refractivity contribution is -0.133. The molecule has 1 aliphatic heterocycles. The molecule has 2 unspecified atom stereocenters. The minimum absolute atomic E-state index is 0.0438. The highest BCUT2D eigenvalue weighted by Gasteiger charge is 2.37. The van der Waals surface area contributed by atoms with E-state index >= 15 is 0 Å². The maximum absolute atomic E-state index is 12.2. The van der Waals surface area contributed by atoms with Gasteiger partial charge in [0.25, 0.3) is 0 Å². The van der Waals surface area contributed by atoms with Crippen molar-refractivity contribution in [2.75, 3.05) is 33.4 Å². The van der Waals surface area contributed by atoms with E-state index in [0.717, 1.165) is 32.4 Å². The molecule has 1 saturated heterocycles. The number of carbonyl (C=O) groups excluding carboxylic acids is 1. The quantitative estimate of drug-likeness (QED) is 0.610. The Balaban J connectivity index is 2.43. The van der Waals surface area contributed by atoms with Crippen molar-refractivity contribution in [3.8, 4) is 0 Å². The van der Waals surface area contributed by atoms with Crippen LogP contribution in [-0.4, -0.2) is 50.5 Å². The van der Waals surface area contributed by atoms with Crippen LogP contribution in [0, 0.1) is 5.41 Å². The predicted octanol–water partition coefficient (Wildman–Crippen LogP) is -0.110. The second kappa shape index (κ2) is 6.93. The van der Waals surface area contributed by atoms with Gasteiger partial charge in [-0.3, -0.25) is 4.79 Å². The number of piperidine rings is 1. The molecule has 1 aliphatic rings. The molecule has 2 atom stereocenters. The molecule has 0 aliphatic carbocycles. The maximum Gasteiger partial charge on any atom is 0.227 e. The molecule has 1 fully saturated rings. The molecule has 1 rings (SSSR count). The zero-order chi connectivity index (χ0) is 12.7. The number of ether oxygens (including phenoxy) is 1. The maximum atomic E-state index is 12.2. The molecule has 1 heterocycles. The minimum Gasteiger partial charge on any atom is -0.389 e. The average Bonchev–Trinajstić information content (AvgIpc) is 2.37. The smallest absolute Gasteiger partial charge is 0.227 e. The molecule has 3 N–H and O–H groups in total. The van der Waals surface area contributed by atoms with E-state index in [0.29, 0.717) is 0 Å². The Bertz CT molecular complexity index is 240. The lowest BCUT2D eigenvalue weighted by Gasteiger charge is -2.35. The van der Waals surface area contributed by atoms with Crippen molar-refractivity contribution in [2.24, 2.45) is 5.41 Å². The van der Waals surface area contributed by atoms with E-state index < -0.39 is 6.10 Å². The summed E-state index contributed by atoms with van der Waals surface area (Å²) in [5, 5.41) is 15.6. The van der Waals surface area contributed by atoms with E-state index in [2.05, 4.69) is 10.6 Å². The summed E-state index contributed by atoms with van der Waals surface area (Å²) in [5.41, 5.74) is -0.301. The minimum atomic E-state index is -0.630. The third kappa shape index (κ3) is 3.94. The standard InChI is InChI=1S/C12H24N2O3/c1-3-12(5-4-6-13-9-12)11(16)14-7-10(15)8-17-2/h10,13,15H,3-9H2,1-2H3,(H,14,16). The van der Waals surface area contributed by atoms with Gasteiger partial charge in [-0.05, 0) is 25.8 Å². The second-order valence-electron chi connectivity index (χ2n) is 4.73. The largest absolute Gasteiger partial charge is 0.389 e. The molecule has 0 aromatic carbocycles. The zero-order valence-electron chi connectivity index (χ0n) is 10.8. The summed E-state index contributed by atoms with van der Waals surface area (Å²) in [5.74, 6) is 0.0438. The van der Waals surface area contributed by atoms with E-state index in [1.807, 2.05) is 6.92 Å². The Morgan fingerprint density at radius 1 is 1.65 bits per heavy atom. The van der Waals surface area contributed by atoms with Crippen LogP contribution in [0.5, 0.6) is 0 Å². The number of carbonyl (C=O) groups is 1. The van der Waals surface area contributed by atoms with Crippen LogP contribution in [0.1, 0.15) is 26.2 Å². The third-order valence-corrected chi connectivity index (χ3v) is 3.49. The van der Waals surface area contributed by atoms with Gasteiger partial charge in [0.2, 0.25) is 5.91 Å². The molecular weight excluding hydrogens is 220 g/mol. The summed E-state index contributed by atoms with van der Waals surface area (Å²) in [6, 6.07) is 0. The Labute approximate surface area is 103 Å². The first-order valence-electron chi connectivity index (χ1n) is 6.30. The van der Waals surface area contributed by atoms with Gasteiger partial charge < -0.3 is 20.5 Å². The molecule has 0 radical (unpaired) electrons. The van der Waals surface area contributed by atoms with Crippen molar-refractivity contribution in [2.45, 2.75) is 32.3 Å². The Morgan fingerprint density at radius 3 is 2.94 bits per heavy atom. The van der Waals surface area contributed by atoms with Crippen LogP contribution in [0.15, 0.2) is 0 Å². The summed E-state index contributed by atoms with van der Waals surface area (Å²) >= 11 is 0. The molecule has 5 heteroatoms. The van der Waals surface area contributed by atoms with Gasteiger partial charge in [-0.1, -0.05) is 6.92 Å². The van der Waals surface area contributed by atoms with Crippen LogP contribution in [0.3, 0.4) is 0 Å². The van der Waals surface area contributed by atoms with Crippen molar-refractivity contribution in [1.82, 2.24) is 10.6 Å². The molecule has 100 valence electrons. The number of aliphatic hydroxyl groups is 1. The normalized spacial score (nSPS) is 26.5. The fraction of sp³-hybridized carbons (Fsp3) is 0.917. The van der Waals surface area contributed by atoms with Crippen molar-refractivity contribution in [3.05, 3.63) is 0 Å². The average molecular weight is 244 g/mol.